The Morgan fingerprint density at radius 2 is 1.56 bits per heavy atom. The van der Waals surface area contributed by atoms with Crippen LogP contribution in [-0.4, -0.2) is 6.54 Å². The van der Waals surface area contributed by atoms with Gasteiger partial charge in [0.25, 0.3) is 0 Å². The van der Waals surface area contributed by atoms with E-state index in [9.17, 15) is 8.78 Å². The first-order valence-electron chi connectivity index (χ1n) is 6.87. The topological polar surface area (TPSA) is 26.0 Å². The van der Waals surface area contributed by atoms with Gasteiger partial charge in [0.05, 0.1) is 0 Å². The van der Waals surface area contributed by atoms with Crippen LogP contribution in [0.5, 0.6) is 0 Å². The average molecular weight is 253 g/mol. The molecular weight excluding hydrogens is 232 g/mol. The van der Waals surface area contributed by atoms with Crippen molar-refractivity contribution in [2.24, 2.45) is 11.7 Å². The molecule has 1 aromatic rings. The summed E-state index contributed by atoms with van der Waals surface area (Å²) in [5.41, 5.74) is 6.57. The third kappa shape index (κ3) is 3.29. The van der Waals surface area contributed by atoms with Gasteiger partial charge in [-0.05, 0) is 48.9 Å². The maximum Gasteiger partial charge on any atom is 0.126 e. The highest BCUT2D eigenvalue weighted by Gasteiger charge is 2.23. The number of halogens is 2. The second-order valence-electron chi connectivity index (χ2n) is 5.30. The van der Waals surface area contributed by atoms with Crippen LogP contribution in [0.15, 0.2) is 18.2 Å². The summed E-state index contributed by atoms with van der Waals surface area (Å²) in [6.07, 6.45) is 7.20. The van der Waals surface area contributed by atoms with Crippen molar-refractivity contribution in [3.63, 3.8) is 0 Å². The highest BCUT2D eigenvalue weighted by atomic mass is 19.1. The molecule has 18 heavy (non-hydrogen) atoms. The predicted molar refractivity (Wildman–Crippen MR) is 69.3 cm³/mol. The molecule has 1 aromatic carbocycles. The van der Waals surface area contributed by atoms with Crippen molar-refractivity contribution in [2.45, 2.75) is 44.4 Å². The molecule has 0 spiro atoms. The molecule has 1 saturated carbocycles. The molecule has 0 aromatic heterocycles. The van der Waals surface area contributed by atoms with Gasteiger partial charge in [-0.2, -0.15) is 0 Å². The maximum absolute atomic E-state index is 13.3. The van der Waals surface area contributed by atoms with Gasteiger partial charge in [0, 0.05) is 6.07 Å². The predicted octanol–water partition coefficient (Wildman–Crippen LogP) is 3.98. The summed E-state index contributed by atoms with van der Waals surface area (Å²) < 4.78 is 26.6. The SMILES string of the molecule is NCC(c1cc(F)cc(F)c1)C1CCCCCC1. The van der Waals surface area contributed by atoms with Crippen molar-refractivity contribution in [1.29, 1.82) is 0 Å². The molecule has 3 heteroatoms. The first kappa shape index (κ1) is 13.5. The summed E-state index contributed by atoms with van der Waals surface area (Å²) in [5, 5.41) is 0. The molecule has 1 fully saturated rings. The van der Waals surface area contributed by atoms with Crippen molar-refractivity contribution < 1.29 is 8.78 Å². The molecule has 0 radical (unpaired) electrons. The first-order chi connectivity index (χ1) is 8.70. The number of nitrogens with two attached hydrogens (primary N) is 1. The van der Waals surface area contributed by atoms with Crippen LogP contribution in [0.25, 0.3) is 0 Å². The second-order valence-corrected chi connectivity index (χ2v) is 5.30. The highest BCUT2D eigenvalue weighted by Crippen LogP contribution is 2.35. The molecule has 0 amide bonds. The van der Waals surface area contributed by atoms with E-state index in [1.165, 1.54) is 37.8 Å². The molecular formula is C15H21F2N. The molecule has 1 aliphatic rings. The Balaban J connectivity index is 2.20. The minimum absolute atomic E-state index is 0.0910. The Morgan fingerprint density at radius 3 is 2.06 bits per heavy atom. The fraction of sp³-hybridized carbons (Fsp3) is 0.600. The zero-order valence-corrected chi connectivity index (χ0v) is 10.7. The van der Waals surface area contributed by atoms with E-state index in [4.69, 9.17) is 5.73 Å². The lowest BCUT2D eigenvalue weighted by Crippen LogP contribution is -2.21. The van der Waals surface area contributed by atoms with E-state index in [2.05, 4.69) is 0 Å². The van der Waals surface area contributed by atoms with Crippen molar-refractivity contribution in [2.75, 3.05) is 6.54 Å². The fourth-order valence-electron chi connectivity index (χ4n) is 3.10. The second kappa shape index (κ2) is 6.28. The highest BCUT2D eigenvalue weighted by molar-refractivity contribution is 5.23. The van der Waals surface area contributed by atoms with Crippen molar-refractivity contribution in [3.05, 3.63) is 35.4 Å². The van der Waals surface area contributed by atoms with Gasteiger partial charge in [0.1, 0.15) is 11.6 Å². The third-order valence-corrected chi connectivity index (χ3v) is 4.04. The van der Waals surface area contributed by atoms with Gasteiger partial charge in [0.15, 0.2) is 0 Å². The molecule has 1 atom stereocenters. The summed E-state index contributed by atoms with van der Waals surface area (Å²) >= 11 is 0. The molecule has 0 saturated heterocycles. The van der Waals surface area contributed by atoms with Crippen LogP contribution in [0.4, 0.5) is 8.78 Å². The molecule has 100 valence electrons. The molecule has 2 N–H and O–H groups in total. The summed E-state index contributed by atoms with van der Waals surface area (Å²) in [6, 6.07) is 3.79. The van der Waals surface area contributed by atoms with Gasteiger partial charge >= 0.3 is 0 Å². The molecule has 1 unspecified atom stereocenters. The van der Waals surface area contributed by atoms with E-state index < -0.39 is 11.6 Å². The van der Waals surface area contributed by atoms with Crippen LogP contribution < -0.4 is 5.73 Å². The summed E-state index contributed by atoms with van der Waals surface area (Å²) in [4.78, 5) is 0. The lowest BCUT2D eigenvalue weighted by Gasteiger charge is -2.25. The Bertz CT molecular complexity index is 364. The lowest BCUT2D eigenvalue weighted by atomic mass is 9.81. The normalized spacial score (nSPS) is 19.5. The van der Waals surface area contributed by atoms with Crippen LogP contribution in [0.2, 0.25) is 0 Å². The summed E-state index contributed by atoms with van der Waals surface area (Å²) in [6.45, 7) is 0.466. The van der Waals surface area contributed by atoms with Crippen molar-refractivity contribution >= 4 is 0 Å². The minimum Gasteiger partial charge on any atom is -0.330 e. The van der Waals surface area contributed by atoms with Crippen molar-refractivity contribution in [3.8, 4) is 0 Å². The largest absolute Gasteiger partial charge is 0.330 e. The van der Waals surface area contributed by atoms with Gasteiger partial charge in [-0.3, -0.25) is 0 Å². The molecule has 0 bridgehead atoms. The third-order valence-electron chi connectivity index (χ3n) is 4.04. The standard InChI is InChI=1S/C15H21F2N/c16-13-7-12(8-14(17)9-13)15(10-18)11-5-3-1-2-4-6-11/h7-9,11,15H,1-6,10,18H2. The van der Waals surface area contributed by atoms with Crippen LogP contribution in [0.3, 0.4) is 0 Å². The van der Waals surface area contributed by atoms with Crippen molar-refractivity contribution in [1.82, 2.24) is 0 Å². The minimum atomic E-state index is -0.503. The molecule has 1 aliphatic carbocycles. The van der Waals surface area contributed by atoms with E-state index in [1.807, 2.05) is 0 Å². The lowest BCUT2D eigenvalue weighted by molar-refractivity contribution is 0.378. The number of benzene rings is 1. The van der Waals surface area contributed by atoms with Crippen LogP contribution >= 0.6 is 0 Å². The molecule has 0 heterocycles. The smallest absolute Gasteiger partial charge is 0.126 e. The van der Waals surface area contributed by atoms with Gasteiger partial charge in [-0.25, -0.2) is 8.78 Å². The van der Waals surface area contributed by atoms with Crippen LogP contribution in [0, 0.1) is 17.6 Å². The van der Waals surface area contributed by atoms with Gasteiger partial charge in [-0.1, -0.05) is 25.7 Å². The quantitative estimate of drug-likeness (QED) is 0.810. The first-order valence-corrected chi connectivity index (χ1v) is 6.87. The zero-order chi connectivity index (χ0) is 13.0. The fourth-order valence-corrected chi connectivity index (χ4v) is 3.10. The molecule has 0 aliphatic heterocycles. The van der Waals surface area contributed by atoms with Gasteiger partial charge in [-0.15, -0.1) is 0 Å². The van der Waals surface area contributed by atoms with E-state index in [0.717, 1.165) is 24.5 Å². The van der Waals surface area contributed by atoms with Gasteiger partial charge < -0.3 is 5.73 Å². The van der Waals surface area contributed by atoms with E-state index >= 15 is 0 Å². The number of rotatable bonds is 3. The van der Waals surface area contributed by atoms with E-state index in [0.29, 0.717) is 12.5 Å². The summed E-state index contributed by atoms with van der Waals surface area (Å²) in [7, 11) is 0. The van der Waals surface area contributed by atoms with Gasteiger partial charge in [0.2, 0.25) is 0 Å². The Kier molecular flexibility index (Phi) is 4.70. The molecule has 2 rings (SSSR count). The monoisotopic (exact) mass is 253 g/mol. The van der Waals surface area contributed by atoms with E-state index in [-0.39, 0.29) is 5.92 Å². The molecule has 1 nitrogen and oxygen atoms in total. The van der Waals surface area contributed by atoms with Crippen LogP contribution in [0.1, 0.15) is 50.0 Å². The Hall–Kier alpha value is -0.960. The average Bonchev–Trinajstić information content (AvgIpc) is 2.58. The number of hydrogen-bond donors (Lipinski definition) is 1. The van der Waals surface area contributed by atoms with E-state index in [1.54, 1.807) is 0 Å². The maximum atomic E-state index is 13.3. The number of hydrogen-bond acceptors (Lipinski definition) is 1. The Morgan fingerprint density at radius 1 is 1.00 bits per heavy atom. The van der Waals surface area contributed by atoms with Crippen LogP contribution in [-0.2, 0) is 0 Å². The Labute approximate surface area is 107 Å². The zero-order valence-electron chi connectivity index (χ0n) is 10.7. The summed E-state index contributed by atoms with van der Waals surface area (Å²) in [5.74, 6) is -0.443.